The Kier molecular flexibility index (Phi) is 2.94. The summed E-state index contributed by atoms with van der Waals surface area (Å²) in [6, 6.07) is 19.4. The minimum Gasteiger partial charge on any atom is -0.330 e. The third-order valence-electron chi connectivity index (χ3n) is 4.69. The maximum absolute atomic E-state index is 5.93. The highest BCUT2D eigenvalue weighted by molar-refractivity contribution is 5.69. The van der Waals surface area contributed by atoms with Gasteiger partial charge in [-0.25, -0.2) is 0 Å². The minimum absolute atomic E-state index is 0.333. The van der Waals surface area contributed by atoms with Crippen LogP contribution in [0.25, 0.3) is 11.1 Å². The number of benzene rings is 2. The van der Waals surface area contributed by atoms with Gasteiger partial charge in [0.15, 0.2) is 0 Å². The van der Waals surface area contributed by atoms with Gasteiger partial charge in [0.1, 0.15) is 0 Å². The molecular formula is C18H21N. The monoisotopic (exact) mass is 251 g/mol. The van der Waals surface area contributed by atoms with Gasteiger partial charge in [0.25, 0.3) is 0 Å². The average Bonchev–Trinajstić information content (AvgIpc) is 3.01. The summed E-state index contributed by atoms with van der Waals surface area (Å²) < 4.78 is 0. The molecule has 0 radical (unpaired) electrons. The highest BCUT2D eigenvalue weighted by Crippen LogP contribution is 2.64. The summed E-state index contributed by atoms with van der Waals surface area (Å²) in [5, 5.41) is 0. The number of hydrogen-bond donors (Lipinski definition) is 1. The Morgan fingerprint density at radius 2 is 1.58 bits per heavy atom. The molecule has 2 aromatic rings. The molecule has 0 unspecified atom stereocenters. The van der Waals surface area contributed by atoms with E-state index in [4.69, 9.17) is 5.73 Å². The van der Waals surface area contributed by atoms with Crippen molar-refractivity contribution in [3.8, 4) is 11.1 Å². The molecule has 0 aromatic heterocycles. The van der Waals surface area contributed by atoms with Gasteiger partial charge in [-0.05, 0) is 40.5 Å². The van der Waals surface area contributed by atoms with Gasteiger partial charge in [-0.2, -0.15) is 0 Å². The standard InChI is InChI=1S/C18H21N/c1-18(2)16(12-19)17(18)15-11-7-6-10-14(15)13-8-4-3-5-9-13/h3-11,16-17H,12,19H2,1-2H3/t16-,17-/m1/s1. The summed E-state index contributed by atoms with van der Waals surface area (Å²) in [4.78, 5) is 0. The van der Waals surface area contributed by atoms with Gasteiger partial charge in [-0.1, -0.05) is 68.4 Å². The zero-order valence-corrected chi connectivity index (χ0v) is 11.6. The second-order valence-corrected chi connectivity index (χ2v) is 6.09. The van der Waals surface area contributed by atoms with Crippen LogP contribution in [-0.2, 0) is 0 Å². The van der Waals surface area contributed by atoms with E-state index in [1.807, 2.05) is 0 Å². The van der Waals surface area contributed by atoms with Gasteiger partial charge >= 0.3 is 0 Å². The molecule has 1 nitrogen and oxygen atoms in total. The third kappa shape index (κ3) is 1.98. The van der Waals surface area contributed by atoms with Crippen molar-refractivity contribution in [1.82, 2.24) is 0 Å². The Hall–Kier alpha value is -1.60. The fourth-order valence-corrected chi connectivity index (χ4v) is 3.45. The van der Waals surface area contributed by atoms with Gasteiger partial charge in [0, 0.05) is 0 Å². The van der Waals surface area contributed by atoms with Crippen molar-refractivity contribution in [3.05, 3.63) is 60.2 Å². The van der Waals surface area contributed by atoms with Gasteiger partial charge in [-0.3, -0.25) is 0 Å². The van der Waals surface area contributed by atoms with Crippen molar-refractivity contribution >= 4 is 0 Å². The highest BCUT2D eigenvalue weighted by Gasteiger charge is 2.57. The Labute approximate surface area is 115 Å². The molecular weight excluding hydrogens is 230 g/mol. The summed E-state index contributed by atoms with van der Waals surface area (Å²) in [6.07, 6.45) is 0. The SMILES string of the molecule is CC1(C)[C@H](CN)[C@H]1c1ccccc1-c1ccccc1. The van der Waals surface area contributed by atoms with Crippen LogP contribution in [0.5, 0.6) is 0 Å². The van der Waals surface area contributed by atoms with E-state index in [0.717, 1.165) is 6.54 Å². The second kappa shape index (κ2) is 4.50. The summed E-state index contributed by atoms with van der Waals surface area (Å²) in [6.45, 7) is 5.44. The van der Waals surface area contributed by atoms with Crippen LogP contribution in [0.1, 0.15) is 25.3 Å². The molecule has 0 bridgehead atoms. The number of hydrogen-bond acceptors (Lipinski definition) is 1. The maximum Gasteiger partial charge on any atom is -0.00375 e. The number of nitrogens with two attached hydrogens (primary N) is 1. The van der Waals surface area contributed by atoms with E-state index in [9.17, 15) is 0 Å². The van der Waals surface area contributed by atoms with Crippen LogP contribution in [0.3, 0.4) is 0 Å². The molecule has 0 saturated heterocycles. The molecule has 0 amide bonds. The normalized spacial score (nSPS) is 24.2. The summed E-state index contributed by atoms with van der Waals surface area (Å²) in [5.74, 6) is 1.20. The quantitative estimate of drug-likeness (QED) is 0.875. The first-order valence-electron chi connectivity index (χ1n) is 7.00. The first kappa shape index (κ1) is 12.4. The molecule has 0 heterocycles. The van der Waals surface area contributed by atoms with Crippen molar-refractivity contribution in [2.24, 2.45) is 17.1 Å². The molecule has 19 heavy (non-hydrogen) atoms. The van der Waals surface area contributed by atoms with E-state index in [-0.39, 0.29) is 0 Å². The third-order valence-corrected chi connectivity index (χ3v) is 4.69. The van der Waals surface area contributed by atoms with Crippen LogP contribution >= 0.6 is 0 Å². The maximum atomic E-state index is 5.93. The smallest absolute Gasteiger partial charge is 0.00375 e. The lowest BCUT2D eigenvalue weighted by Gasteiger charge is -2.11. The zero-order chi connectivity index (χ0) is 13.5. The summed E-state index contributed by atoms with van der Waals surface area (Å²) in [7, 11) is 0. The largest absolute Gasteiger partial charge is 0.330 e. The molecule has 1 saturated carbocycles. The summed E-state index contributed by atoms with van der Waals surface area (Å²) >= 11 is 0. The van der Waals surface area contributed by atoms with E-state index in [0.29, 0.717) is 17.3 Å². The Bertz CT molecular complexity index is 571. The van der Waals surface area contributed by atoms with Gasteiger partial charge in [0.2, 0.25) is 0 Å². The van der Waals surface area contributed by atoms with E-state index in [1.165, 1.54) is 16.7 Å². The van der Waals surface area contributed by atoms with Crippen LogP contribution in [0.4, 0.5) is 0 Å². The van der Waals surface area contributed by atoms with E-state index < -0.39 is 0 Å². The first-order valence-corrected chi connectivity index (χ1v) is 7.00. The fraction of sp³-hybridized carbons (Fsp3) is 0.333. The molecule has 0 aliphatic heterocycles. The van der Waals surface area contributed by atoms with Crippen LogP contribution in [0.15, 0.2) is 54.6 Å². The van der Waals surface area contributed by atoms with Crippen molar-refractivity contribution in [2.75, 3.05) is 6.54 Å². The first-order chi connectivity index (χ1) is 9.16. The Balaban J connectivity index is 2.05. The molecule has 2 N–H and O–H groups in total. The van der Waals surface area contributed by atoms with Crippen LogP contribution in [-0.4, -0.2) is 6.54 Å². The fourth-order valence-electron chi connectivity index (χ4n) is 3.45. The molecule has 1 aliphatic carbocycles. The molecule has 98 valence electrons. The molecule has 1 aliphatic rings. The van der Waals surface area contributed by atoms with Gasteiger partial charge < -0.3 is 5.73 Å². The Morgan fingerprint density at radius 1 is 0.947 bits per heavy atom. The van der Waals surface area contributed by atoms with Crippen molar-refractivity contribution in [2.45, 2.75) is 19.8 Å². The van der Waals surface area contributed by atoms with Crippen LogP contribution < -0.4 is 5.73 Å². The van der Waals surface area contributed by atoms with Crippen molar-refractivity contribution < 1.29 is 0 Å². The minimum atomic E-state index is 0.333. The second-order valence-electron chi connectivity index (χ2n) is 6.09. The van der Waals surface area contributed by atoms with E-state index >= 15 is 0 Å². The predicted octanol–water partition coefficient (Wildman–Crippen LogP) is 4.05. The molecule has 2 atom stereocenters. The topological polar surface area (TPSA) is 26.0 Å². The van der Waals surface area contributed by atoms with Crippen molar-refractivity contribution in [3.63, 3.8) is 0 Å². The molecule has 0 spiro atoms. The highest BCUT2D eigenvalue weighted by atomic mass is 14.7. The van der Waals surface area contributed by atoms with E-state index in [1.54, 1.807) is 0 Å². The van der Waals surface area contributed by atoms with Crippen molar-refractivity contribution in [1.29, 1.82) is 0 Å². The Morgan fingerprint density at radius 3 is 2.21 bits per heavy atom. The van der Waals surface area contributed by atoms with Gasteiger partial charge in [0.05, 0.1) is 0 Å². The lowest BCUT2D eigenvalue weighted by atomic mass is 9.94. The van der Waals surface area contributed by atoms with Crippen LogP contribution in [0, 0.1) is 11.3 Å². The number of rotatable bonds is 3. The van der Waals surface area contributed by atoms with E-state index in [2.05, 4.69) is 68.4 Å². The molecule has 1 heteroatoms. The predicted molar refractivity (Wildman–Crippen MR) is 80.9 cm³/mol. The molecule has 1 fully saturated rings. The lowest BCUT2D eigenvalue weighted by molar-refractivity contribution is 0.559. The molecule has 3 rings (SSSR count). The zero-order valence-electron chi connectivity index (χ0n) is 11.6. The molecule has 2 aromatic carbocycles. The average molecular weight is 251 g/mol. The summed E-state index contributed by atoms with van der Waals surface area (Å²) in [5.41, 5.74) is 10.4. The van der Waals surface area contributed by atoms with Crippen LogP contribution in [0.2, 0.25) is 0 Å². The lowest BCUT2D eigenvalue weighted by Crippen LogP contribution is -2.05. The van der Waals surface area contributed by atoms with Gasteiger partial charge in [-0.15, -0.1) is 0 Å².